The van der Waals surface area contributed by atoms with Gasteiger partial charge in [0, 0.05) is 105 Å². The molecule has 0 atom stereocenters. The smallest absolute Gasteiger partial charge is 0.0160 e. The molecular formula is C130H132Ge4Ir4N8-8. The number of hydrogen-bond donors (Lipinski definition) is 0. The summed E-state index contributed by atoms with van der Waals surface area (Å²) in [5.41, 5.74) is 23.8. The van der Waals surface area contributed by atoms with E-state index in [-0.39, 0.29) is 80.4 Å². The first kappa shape index (κ1) is 121. The van der Waals surface area contributed by atoms with Crippen molar-refractivity contribution in [2.45, 2.75) is 146 Å². The predicted molar refractivity (Wildman–Crippen MR) is 612 cm³/mol. The molecule has 0 saturated heterocycles. The number of aromatic nitrogens is 8. The summed E-state index contributed by atoms with van der Waals surface area (Å²) >= 11 is -7.65. The molecule has 0 bridgehead atoms. The molecule has 752 valence electrons. The van der Waals surface area contributed by atoms with Gasteiger partial charge in [0.1, 0.15) is 0 Å². The van der Waals surface area contributed by atoms with Crippen LogP contribution in [0.4, 0.5) is 0 Å². The van der Waals surface area contributed by atoms with E-state index in [1.807, 2.05) is 225 Å². The fourth-order valence-corrected chi connectivity index (χ4v) is 47.9. The van der Waals surface area contributed by atoms with Gasteiger partial charge in [0.2, 0.25) is 0 Å². The Labute approximate surface area is 936 Å². The molecule has 4 radical (unpaired) electrons. The van der Waals surface area contributed by atoms with Gasteiger partial charge < -0.3 is 19.9 Å². The zero-order valence-electron chi connectivity index (χ0n) is 86.0. The molecule has 8 heterocycles. The molecule has 0 fully saturated rings. The zero-order chi connectivity index (χ0) is 99.7. The third-order valence-electron chi connectivity index (χ3n) is 27.8. The number of rotatable bonds is 27. The van der Waals surface area contributed by atoms with Crippen LogP contribution in [0.2, 0.25) is 63.0 Å². The van der Waals surface area contributed by atoms with Gasteiger partial charge in [-0.05, 0) is 47.0 Å². The Kier molecular flexibility index (Phi) is 53.9. The molecule has 0 unspecified atom stereocenters. The molecule has 0 spiro atoms. The summed E-state index contributed by atoms with van der Waals surface area (Å²) in [5, 5.41) is 16.1. The Morgan fingerprint density at radius 1 is 0.164 bits per heavy atom. The van der Waals surface area contributed by atoms with E-state index in [1.165, 1.54) is 105 Å². The van der Waals surface area contributed by atoms with Crippen LogP contribution in [0, 0.1) is 48.5 Å². The van der Waals surface area contributed by atoms with Gasteiger partial charge in [-0.2, -0.15) is 0 Å². The molecule has 8 aromatic heterocycles. The second kappa shape index (κ2) is 65.3. The monoisotopic (exact) mass is 2870 g/mol. The fourth-order valence-electron chi connectivity index (χ4n) is 18.1. The summed E-state index contributed by atoms with van der Waals surface area (Å²) in [6.45, 7) is 28.4. The van der Waals surface area contributed by atoms with Crippen LogP contribution in [0.5, 0.6) is 0 Å². The normalized spacial score (nSPS) is 10.6. The minimum atomic E-state index is -1.96. The van der Waals surface area contributed by atoms with E-state index in [9.17, 15) is 0 Å². The number of nitrogens with zero attached hydrogens (tertiary/aromatic N) is 8. The van der Waals surface area contributed by atoms with E-state index in [0.717, 1.165) is 90.1 Å². The van der Waals surface area contributed by atoms with Crippen LogP contribution in [0.3, 0.4) is 0 Å². The second-order valence-electron chi connectivity index (χ2n) is 34.9. The average molecular weight is 2870 g/mol. The van der Waals surface area contributed by atoms with E-state index < -0.39 is 53.1 Å². The van der Waals surface area contributed by atoms with E-state index in [2.05, 4.69) is 350 Å². The van der Waals surface area contributed by atoms with Crippen LogP contribution in [0.25, 0.3) is 123 Å². The van der Waals surface area contributed by atoms with Crippen molar-refractivity contribution in [2.24, 2.45) is 0 Å². The number of benzene rings is 11. The summed E-state index contributed by atoms with van der Waals surface area (Å²) < 4.78 is 6.25. The van der Waals surface area contributed by atoms with Crippen molar-refractivity contribution in [3.63, 3.8) is 0 Å². The third-order valence-corrected chi connectivity index (χ3v) is 74.7. The standard InChI is InChI=1S/3C23H26GeN.C17H22GeN.4C11H8N.4Ir/c1-4-24(5-2,6-3)22-15-16-25-23(18-22)21-14-10-13-20(17-21)19-11-8-7-9-12-19;1-4-24(5-2,6-3)22-15-16-23(25-18-22)21-14-10-13-20(17-21)19-11-8-7-9-12-19;1-4-24(5-2,6-3)22-16-17-23(25-18-22)21-14-12-20(13-15-21)19-10-8-7-9-11-19;1-4-18(5-2,6-3)16-12-13-19-17(14-16)15-10-8-7-9-11-15;4*1-2-6-10(7-3-1)11-8-4-5-9-12-11;;;;/h2*7-13,15-18H,4-6H2,1-3H3;7-14,16-18H,4-6H2,1-3H3;7-10,12-14H,4-6H2,1-3H3;4*1-6,8-9H;;;;/q8*-1;;;;. The molecule has 8 nitrogen and oxygen atoms in total. The van der Waals surface area contributed by atoms with Gasteiger partial charge in [0.15, 0.2) is 0 Å². The minimum absolute atomic E-state index is 0. The van der Waals surface area contributed by atoms with Crippen LogP contribution >= 0.6 is 0 Å². The summed E-state index contributed by atoms with van der Waals surface area (Å²) in [6.07, 6.45) is 15.4. The molecule has 0 aliphatic carbocycles. The maximum absolute atomic E-state index is 4.81. The Morgan fingerprint density at radius 2 is 0.411 bits per heavy atom. The first-order chi connectivity index (χ1) is 69.8. The molecular weight excluding hydrogens is 2730 g/mol. The quantitative estimate of drug-likeness (QED) is 0.0371. The first-order valence-electron chi connectivity index (χ1n) is 50.4. The van der Waals surface area contributed by atoms with Gasteiger partial charge in [0.25, 0.3) is 0 Å². The van der Waals surface area contributed by atoms with Gasteiger partial charge in [0.05, 0.1) is 0 Å². The van der Waals surface area contributed by atoms with Crippen molar-refractivity contribution in [1.82, 2.24) is 39.9 Å². The molecule has 146 heavy (non-hydrogen) atoms. The SMILES string of the molecule is C[CH2][Ge]([CH2]C)([CH2]C)[c]1ccc(-c2[c-]cc(-c3ccccc3)cc2)nc1.C[CH2][Ge]([CH2]C)([CH2]C)[c]1ccc(-c2[c-]ccc(-c3ccccc3)c2)nc1.C[CH2][Ge]([CH2]C)([CH2]C)[c]1ccnc(-c2[c-]ccc(-c3ccccc3)c2)c1.C[CH2][Ge]([CH2]C)([CH2]C)[c]1ccnc(-c2[c-]cccc2)c1.[Ir].[Ir].[Ir].[Ir].[c-]1ccccc1-c1ccccn1.[c-]1ccccc1-c1ccccn1.[c-]1ccccc1-c1ccccn1.[c-]1ccccc1-c1ccccn1. The third kappa shape index (κ3) is 34.7. The summed E-state index contributed by atoms with van der Waals surface area (Å²) in [7, 11) is 0. The fraction of sp³-hybridized carbons (Fsp3) is 0.185. The van der Waals surface area contributed by atoms with E-state index in [0.29, 0.717) is 0 Å². The Bertz CT molecular complexity index is 6260. The summed E-state index contributed by atoms with van der Waals surface area (Å²) in [4.78, 5) is 35.6. The largest absolute Gasteiger partial charge is 0.305 e. The maximum atomic E-state index is 4.81. The van der Waals surface area contributed by atoms with E-state index >= 15 is 0 Å². The van der Waals surface area contributed by atoms with Crippen LogP contribution in [-0.2, 0) is 80.4 Å². The zero-order valence-corrected chi connectivity index (χ0v) is 104. The second-order valence-corrected chi connectivity index (χ2v) is 79.0. The topological polar surface area (TPSA) is 103 Å². The number of pyridine rings is 8. The molecule has 19 rings (SSSR count). The van der Waals surface area contributed by atoms with Crippen molar-refractivity contribution >= 4 is 70.6 Å². The predicted octanol–water partition coefficient (Wildman–Crippen LogP) is 32.2. The molecule has 16 heteroatoms. The molecule has 19 aromatic rings. The van der Waals surface area contributed by atoms with Gasteiger partial charge in [-0.25, -0.2) is 0 Å². The Balaban J connectivity index is 0.000000207. The van der Waals surface area contributed by atoms with Crippen LogP contribution in [0.15, 0.2) is 438 Å². The van der Waals surface area contributed by atoms with E-state index in [4.69, 9.17) is 9.97 Å². The van der Waals surface area contributed by atoms with Crippen LogP contribution in [-0.4, -0.2) is 92.9 Å². The van der Waals surface area contributed by atoms with Crippen molar-refractivity contribution in [1.29, 1.82) is 0 Å². The summed E-state index contributed by atoms with van der Waals surface area (Å²) in [5.74, 6) is 0. The minimum Gasteiger partial charge on any atom is -0.305 e. The van der Waals surface area contributed by atoms with Gasteiger partial charge in [-0.1, -0.05) is 48.5 Å². The molecule has 0 aliphatic heterocycles. The van der Waals surface area contributed by atoms with Crippen molar-refractivity contribution in [2.75, 3.05) is 0 Å². The van der Waals surface area contributed by atoms with Crippen LogP contribution < -0.4 is 17.6 Å². The van der Waals surface area contributed by atoms with E-state index in [1.54, 1.807) is 33.6 Å². The van der Waals surface area contributed by atoms with Gasteiger partial charge in [-0.3, -0.25) is 0 Å². The molecule has 0 amide bonds. The van der Waals surface area contributed by atoms with Gasteiger partial charge >= 0.3 is 583 Å². The van der Waals surface area contributed by atoms with Crippen LogP contribution in [0.1, 0.15) is 83.1 Å². The van der Waals surface area contributed by atoms with Crippen molar-refractivity contribution in [3.05, 3.63) is 486 Å². The molecule has 0 saturated carbocycles. The Morgan fingerprint density at radius 3 is 0.678 bits per heavy atom. The molecule has 11 aromatic carbocycles. The summed E-state index contributed by atoms with van der Waals surface area (Å²) in [6, 6.07) is 157. The Hall–Kier alpha value is -10.6. The average Bonchev–Trinajstić information content (AvgIpc) is 0.808. The maximum Gasteiger partial charge on any atom is 0.0160 e. The molecule has 0 aliphatic rings. The first-order valence-corrected chi connectivity index (χ1v) is 72.4. The molecule has 0 N–H and O–H groups in total. The number of hydrogen-bond acceptors (Lipinski definition) is 8. The van der Waals surface area contributed by atoms with Crippen molar-refractivity contribution in [3.8, 4) is 123 Å². The van der Waals surface area contributed by atoms with Crippen molar-refractivity contribution < 1.29 is 80.4 Å². The van der Waals surface area contributed by atoms with Gasteiger partial charge in [-0.15, -0.1) is 144 Å².